The van der Waals surface area contributed by atoms with E-state index in [0.717, 1.165) is 23.4 Å². The zero-order valence-corrected chi connectivity index (χ0v) is 11.7. The number of nitrogens with one attached hydrogen (secondary N) is 1. The molecule has 1 aliphatic heterocycles. The first-order valence-corrected chi connectivity index (χ1v) is 7.27. The van der Waals surface area contributed by atoms with E-state index in [1.165, 1.54) is 4.88 Å². The van der Waals surface area contributed by atoms with Gasteiger partial charge in [-0.3, -0.25) is 0 Å². The molecule has 0 bridgehead atoms. The molecule has 0 amide bonds. The second kappa shape index (κ2) is 5.81. The predicted octanol–water partition coefficient (Wildman–Crippen LogP) is 3.20. The van der Waals surface area contributed by atoms with Gasteiger partial charge in [0.2, 0.25) is 0 Å². The third-order valence-corrected chi connectivity index (χ3v) is 4.14. The van der Waals surface area contributed by atoms with Crippen LogP contribution in [-0.2, 0) is 0 Å². The van der Waals surface area contributed by atoms with Crippen LogP contribution in [0.5, 0.6) is 5.75 Å². The fraction of sp³-hybridized carbons (Fsp3) is 0.188. The molecule has 0 fully saturated rings. The van der Waals surface area contributed by atoms with E-state index in [2.05, 4.69) is 34.0 Å². The van der Waals surface area contributed by atoms with E-state index in [0.29, 0.717) is 12.6 Å². The quantitative estimate of drug-likeness (QED) is 0.874. The van der Waals surface area contributed by atoms with Gasteiger partial charge in [-0.25, -0.2) is 0 Å². The van der Waals surface area contributed by atoms with Crippen molar-refractivity contribution in [3.05, 3.63) is 52.2 Å². The average Bonchev–Trinajstić information content (AvgIpc) is 3.16. The van der Waals surface area contributed by atoms with Crippen LogP contribution < -0.4 is 10.2 Å². The maximum atomic E-state index is 5.36. The molecule has 3 rings (SSSR count). The molecule has 0 spiro atoms. The van der Waals surface area contributed by atoms with Gasteiger partial charge in [0.1, 0.15) is 12.4 Å². The van der Waals surface area contributed by atoms with Gasteiger partial charge in [0.15, 0.2) is 0 Å². The number of hydrazone groups is 1. The fourth-order valence-electron chi connectivity index (χ4n) is 2.15. The normalized spacial score (nSPS) is 17.1. The highest BCUT2D eigenvalue weighted by atomic mass is 32.1. The molecule has 2 heterocycles. The molecule has 2 aromatic rings. The number of thiophene rings is 1. The van der Waals surface area contributed by atoms with Gasteiger partial charge in [-0.1, -0.05) is 12.0 Å². The summed E-state index contributed by atoms with van der Waals surface area (Å²) >= 11 is 1.75. The van der Waals surface area contributed by atoms with Gasteiger partial charge in [0, 0.05) is 11.3 Å². The molecule has 3 nitrogen and oxygen atoms in total. The second-order valence-electron chi connectivity index (χ2n) is 4.48. The van der Waals surface area contributed by atoms with Crippen molar-refractivity contribution in [2.75, 3.05) is 6.61 Å². The fourth-order valence-corrected chi connectivity index (χ4v) is 2.92. The summed E-state index contributed by atoms with van der Waals surface area (Å²) in [6, 6.07) is 12.4. The molecular formula is C16H14N2OS. The molecule has 4 heteroatoms. The molecule has 100 valence electrons. The number of terminal acetylenes is 1. The van der Waals surface area contributed by atoms with E-state index in [4.69, 9.17) is 11.2 Å². The Bertz CT molecular complexity index is 638. The van der Waals surface area contributed by atoms with Gasteiger partial charge < -0.3 is 10.2 Å². The topological polar surface area (TPSA) is 33.6 Å². The minimum absolute atomic E-state index is 0.294. The summed E-state index contributed by atoms with van der Waals surface area (Å²) in [7, 11) is 0. The first-order valence-electron chi connectivity index (χ1n) is 6.39. The minimum atomic E-state index is 0.294. The first-order chi connectivity index (χ1) is 9.86. The second-order valence-corrected chi connectivity index (χ2v) is 5.46. The zero-order valence-electron chi connectivity index (χ0n) is 10.9. The molecule has 0 aliphatic carbocycles. The third kappa shape index (κ3) is 2.68. The van der Waals surface area contributed by atoms with Crippen molar-refractivity contribution < 1.29 is 4.74 Å². The smallest absolute Gasteiger partial charge is 0.148 e. The highest BCUT2D eigenvalue weighted by Gasteiger charge is 2.21. The summed E-state index contributed by atoms with van der Waals surface area (Å²) in [5.74, 6) is 3.24. The molecule has 1 aromatic heterocycles. The van der Waals surface area contributed by atoms with E-state index in [9.17, 15) is 0 Å². The number of nitrogens with zero attached hydrogens (tertiary/aromatic N) is 1. The van der Waals surface area contributed by atoms with Crippen molar-refractivity contribution in [2.24, 2.45) is 5.10 Å². The van der Waals surface area contributed by atoms with Crippen molar-refractivity contribution in [1.82, 2.24) is 5.43 Å². The van der Waals surface area contributed by atoms with Crippen molar-refractivity contribution in [2.45, 2.75) is 12.5 Å². The van der Waals surface area contributed by atoms with E-state index in [-0.39, 0.29) is 0 Å². The van der Waals surface area contributed by atoms with Crippen molar-refractivity contribution in [1.29, 1.82) is 0 Å². The molecule has 1 atom stereocenters. The number of hydrogen-bond acceptors (Lipinski definition) is 4. The Morgan fingerprint density at radius 2 is 2.20 bits per heavy atom. The molecular weight excluding hydrogens is 268 g/mol. The molecule has 1 aliphatic rings. The van der Waals surface area contributed by atoms with Gasteiger partial charge in [-0.2, -0.15) is 5.10 Å². The van der Waals surface area contributed by atoms with Gasteiger partial charge in [0.05, 0.1) is 11.8 Å². The predicted molar refractivity (Wildman–Crippen MR) is 82.1 cm³/mol. The Hall–Kier alpha value is -2.25. The average molecular weight is 282 g/mol. The Labute approximate surface area is 122 Å². The lowest BCUT2D eigenvalue weighted by Crippen LogP contribution is -2.07. The summed E-state index contributed by atoms with van der Waals surface area (Å²) in [6.07, 6.45) is 6.07. The summed E-state index contributed by atoms with van der Waals surface area (Å²) in [5.41, 5.74) is 5.39. The third-order valence-electron chi connectivity index (χ3n) is 3.15. The van der Waals surface area contributed by atoms with Gasteiger partial charge in [0.25, 0.3) is 0 Å². The highest BCUT2D eigenvalue weighted by molar-refractivity contribution is 7.10. The first kappa shape index (κ1) is 12.8. The number of benzene rings is 1. The molecule has 20 heavy (non-hydrogen) atoms. The van der Waals surface area contributed by atoms with Crippen LogP contribution in [0.4, 0.5) is 0 Å². The van der Waals surface area contributed by atoms with Crippen LogP contribution in [0.15, 0.2) is 46.9 Å². The SMILES string of the molecule is C#CCOc1ccc(C2=NNC(c3cccs3)C2)cc1. The molecule has 0 saturated heterocycles. The number of ether oxygens (including phenoxy) is 1. The van der Waals surface area contributed by atoms with Crippen molar-refractivity contribution in [3.63, 3.8) is 0 Å². The van der Waals surface area contributed by atoms with Crippen molar-refractivity contribution in [3.8, 4) is 18.1 Å². The zero-order chi connectivity index (χ0) is 13.8. The Kier molecular flexibility index (Phi) is 3.71. The van der Waals surface area contributed by atoms with Crippen LogP contribution in [0.2, 0.25) is 0 Å². The van der Waals surface area contributed by atoms with E-state index in [1.54, 1.807) is 11.3 Å². The lowest BCUT2D eigenvalue weighted by molar-refractivity contribution is 0.370. The van der Waals surface area contributed by atoms with E-state index < -0.39 is 0 Å². The van der Waals surface area contributed by atoms with Crippen LogP contribution in [0, 0.1) is 12.3 Å². The lowest BCUT2D eigenvalue weighted by Gasteiger charge is -2.06. The van der Waals surface area contributed by atoms with Gasteiger partial charge >= 0.3 is 0 Å². The van der Waals surface area contributed by atoms with E-state index >= 15 is 0 Å². The van der Waals surface area contributed by atoms with Crippen molar-refractivity contribution >= 4 is 17.0 Å². The van der Waals surface area contributed by atoms with Crippen LogP contribution in [0.25, 0.3) is 0 Å². The van der Waals surface area contributed by atoms with Gasteiger partial charge in [-0.05, 0) is 41.3 Å². The summed E-state index contributed by atoms with van der Waals surface area (Å²) in [5, 5.41) is 6.53. The Morgan fingerprint density at radius 1 is 1.35 bits per heavy atom. The summed E-state index contributed by atoms with van der Waals surface area (Å²) in [6.45, 7) is 0.294. The standard InChI is InChI=1S/C16H14N2OS/c1-2-9-19-13-7-5-12(6-8-13)14-11-15(18-17-14)16-4-3-10-20-16/h1,3-8,10,15,18H,9,11H2. The molecule has 1 aromatic carbocycles. The van der Waals surface area contributed by atoms with Crippen LogP contribution in [-0.4, -0.2) is 12.3 Å². The monoisotopic (exact) mass is 282 g/mol. The maximum Gasteiger partial charge on any atom is 0.148 e. The number of hydrogen-bond donors (Lipinski definition) is 1. The van der Waals surface area contributed by atoms with Crippen LogP contribution in [0.1, 0.15) is 22.9 Å². The lowest BCUT2D eigenvalue weighted by atomic mass is 10.0. The highest BCUT2D eigenvalue weighted by Crippen LogP contribution is 2.28. The minimum Gasteiger partial charge on any atom is -0.481 e. The maximum absolute atomic E-state index is 5.36. The molecule has 1 N–H and O–H groups in total. The molecule has 1 unspecified atom stereocenters. The summed E-state index contributed by atoms with van der Waals surface area (Å²) in [4.78, 5) is 1.32. The molecule has 0 radical (unpaired) electrons. The largest absolute Gasteiger partial charge is 0.481 e. The van der Waals surface area contributed by atoms with Crippen LogP contribution in [0.3, 0.4) is 0 Å². The molecule has 0 saturated carbocycles. The van der Waals surface area contributed by atoms with Gasteiger partial charge in [-0.15, -0.1) is 17.8 Å². The van der Waals surface area contributed by atoms with E-state index in [1.807, 2.05) is 24.3 Å². The Morgan fingerprint density at radius 3 is 2.90 bits per heavy atom. The van der Waals surface area contributed by atoms with Crippen LogP contribution >= 0.6 is 11.3 Å². The Balaban J connectivity index is 1.67. The number of rotatable bonds is 4. The summed E-state index contributed by atoms with van der Waals surface area (Å²) < 4.78 is 5.36.